The SMILES string of the molecule is C#CCOCCOP(=O)(OCC)OCC. The van der Waals surface area contributed by atoms with Crippen molar-refractivity contribution >= 4 is 7.82 Å². The number of terminal acetylenes is 1. The molecule has 0 bridgehead atoms. The molecule has 0 atom stereocenters. The van der Waals surface area contributed by atoms with Crippen molar-refractivity contribution in [3.63, 3.8) is 0 Å². The highest BCUT2D eigenvalue weighted by atomic mass is 31.2. The van der Waals surface area contributed by atoms with Crippen molar-refractivity contribution in [2.45, 2.75) is 13.8 Å². The van der Waals surface area contributed by atoms with E-state index in [0.29, 0.717) is 0 Å². The zero-order valence-corrected chi connectivity index (χ0v) is 10.00. The number of phosphoric acid groups is 1. The zero-order valence-electron chi connectivity index (χ0n) is 9.10. The maximum absolute atomic E-state index is 11.7. The fourth-order valence-corrected chi connectivity index (χ4v) is 1.92. The molecule has 0 aliphatic carbocycles. The van der Waals surface area contributed by atoms with Gasteiger partial charge in [0.2, 0.25) is 0 Å². The largest absolute Gasteiger partial charge is 0.474 e. The van der Waals surface area contributed by atoms with Crippen LogP contribution in [-0.4, -0.2) is 33.0 Å². The van der Waals surface area contributed by atoms with E-state index in [2.05, 4.69) is 5.92 Å². The second-order valence-corrected chi connectivity index (χ2v) is 4.04. The lowest BCUT2D eigenvalue weighted by Gasteiger charge is -2.15. The van der Waals surface area contributed by atoms with Crippen LogP contribution in [0.15, 0.2) is 0 Å². The van der Waals surface area contributed by atoms with Gasteiger partial charge in [-0.2, -0.15) is 0 Å². The van der Waals surface area contributed by atoms with Crippen LogP contribution in [0.25, 0.3) is 0 Å². The molecule has 0 amide bonds. The van der Waals surface area contributed by atoms with Gasteiger partial charge in [-0.05, 0) is 13.8 Å². The molecule has 5 nitrogen and oxygen atoms in total. The molecule has 0 aromatic carbocycles. The van der Waals surface area contributed by atoms with Crippen LogP contribution in [0.4, 0.5) is 0 Å². The predicted molar refractivity (Wildman–Crippen MR) is 56.5 cm³/mol. The number of hydrogen-bond acceptors (Lipinski definition) is 5. The number of rotatable bonds is 9. The molecule has 0 saturated heterocycles. The van der Waals surface area contributed by atoms with Crippen molar-refractivity contribution in [2.75, 3.05) is 33.0 Å². The summed E-state index contributed by atoms with van der Waals surface area (Å²) in [5.41, 5.74) is 0. The summed E-state index contributed by atoms with van der Waals surface area (Å²) in [4.78, 5) is 0. The Morgan fingerprint density at radius 3 is 2.20 bits per heavy atom. The van der Waals surface area contributed by atoms with Gasteiger partial charge >= 0.3 is 7.82 Å². The fraction of sp³-hybridized carbons (Fsp3) is 0.778. The molecule has 6 heteroatoms. The second-order valence-electron chi connectivity index (χ2n) is 2.37. The Bertz CT molecular complexity index is 225. The van der Waals surface area contributed by atoms with Gasteiger partial charge in [0, 0.05) is 0 Å². The third-order valence-electron chi connectivity index (χ3n) is 1.24. The quantitative estimate of drug-likeness (QED) is 0.347. The standard InChI is InChI=1S/C9H17O5P/c1-4-7-11-8-9-14-15(10,12-5-2)13-6-3/h1H,5-9H2,2-3H3. The minimum atomic E-state index is -3.40. The average Bonchev–Trinajstić information content (AvgIpc) is 2.18. The summed E-state index contributed by atoms with van der Waals surface area (Å²) < 4.78 is 31.4. The summed E-state index contributed by atoms with van der Waals surface area (Å²) in [5.74, 6) is 2.31. The second kappa shape index (κ2) is 8.90. The lowest BCUT2D eigenvalue weighted by molar-refractivity contribution is 0.0793. The Labute approximate surface area is 90.7 Å². The Hall–Kier alpha value is -0.370. The smallest absolute Gasteiger partial charge is 0.366 e. The summed E-state index contributed by atoms with van der Waals surface area (Å²) in [7, 11) is -3.40. The summed E-state index contributed by atoms with van der Waals surface area (Å²) in [6, 6.07) is 0. The molecule has 0 spiro atoms. The number of hydrogen-bond donors (Lipinski definition) is 0. The van der Waals surface area contributed by atoms with Crippen molar-refractivity contribution in [1.29, 1.82) is 0 Å². The first-order valence-corrected chi connectivity index (χ1v) is 6.19. The van der Waals surface area contributed by atoms with Crippen LogP contribution in [0.3, 0.4) is 0 Å². The minimum Gasteiger partial charge on any atom is -0.366 e. The maximum atomic E-state index is 11.7. The molecule has 0 rings (SSSR count). The topological polar surface area (TPSA) is 54.0 Å². The van der Waals surface area contributed by atoms with E-state index in [4.69, 9.17) is 24.7 Å². The minimum absolute atomic E-state index is 0.124. The summed E-state index contributed by atoms with van der Waals surface area (Å²) >= 11 is 0. The molecule has 88 valence electrons. The van der Waals surface area contributed by atoms with Crippen molar-refractivity contribution in [3.8, 4) is 12.3 Å². The molecule has 0 aliphatic heterocycles. The molecular weight excluding hydrogens is 219 g/mol. The van der Waals surface area contributed by atoms with Crippen molar-refractivity contribution < 1.29 is 22.9 Å². The first-order chi connectivity index (χ1) is 7.18. The van der Waals surface area contributed by atoms with E-state index in [1.54, 1.807) is 13.8 Å². The van der Waals surface area contributed by atoms with E-state index in [-0.39, 0.29) is 33.0 Å². The van der Waals surface area contributed by atoms with Gasteiger partial charge in [0.15, 0.2) is 0 Å². The van der Waals surface area contributed by atoms with Crippen LogP contribution < -0.4 is 0 Å². The number of ether oxygens (including phenoxy) is 1. The molecule has 0 saturated carbocycles. The van der Waals surface area contributed by atoms with Gasteiger partial charge in [0.05, 0.1) is 26.4 Å². The van der Waals surface area contributed by atoms with E-state index in [1.165, 1.54) is 0 Å². The monoisotopic (exact) mass is 236 g/mol. The molecule has 15 heavy (non-hydrogen) atoms. The number of phosphoric ester groups is 1. The van der Waals surface area contributed by atoms with E-state index in [0.717, 1.165) is 0 Å². The molecule has 0 heterocycles. The maximum Gasteiger partial charge on any atom is 0.474 e. The first-order valence-electron chi connectivity index (χ1n) is 4.73. The van der Waals surface area contributed by atoms with Gasteiger partial charge in [0.1, 0.15) is 6.61 Å². The molecule has 0 aromatic rings. The van der Waals surface area contributed by atoms with Crippen LogP contribution in [0.1, 0.15) is 13.8 Å². The molecular formula is C9H17O5P. The summed E-state index contributed by atoms with van der Waals surface area (Å²) in [6.45, 7) is 4.54. The van der Waals surface area contributed by atoms with Crippen LogP contribution in [0.2, 0.25) is 0 Å². The zero-order chi connectivity index (χ0) is 11.6. The van der Waals surface area contributed by atoms with Crippen LogP contribution in [-0.2, 0) is 22.9 Å². The predicted octanol–water partition coefficient (Wildman–Crippen LogP) is 1.83. The van der Waals surface area contributed by atoms with Gasteiger partial charge in [-0.25, -0.2) is 4.57 Å². The van der Waals surface area contributed by atoms with Gasteiger partial charge in [-0.3, -0.25) is 13.6 Å². The van der Waals surface area contributed by atoms with Gasteiger partial charge < -0.3 is 4.74 Å². The fourth-order valence-electron chi connectivity index (χ4n) is 0.767. The Morgan fingerprint density at radius 2 is 1.73 bits per heavy atom. The molecule has 0 aromatic heterocycles. The Balaban J connectivity index is 3.76. The van der Waals surface area contributed by atoms with Crippen molar-refractivity contribution in [3.05, 3.63) is 0 Å². The first kappa shape index (κ1) is 14.6. The summed E-state index contributed by atoms with van der Waals surface area (Å²) in [5, 5.41) is 0. The molecule has 0 radical (unpaired) electrons. The highest BCUT2D eigenvalue weighted by Gasteiger charge is 2.24. The Kier molecular flexibility index (Phi) is 8.68. The van der Waals surface area contributed by atoms with Crippen LogP contribution in [0.5, 0.6) is 0 Å². The summed E-state index contributed by atoms with van der Waals surface area (Å²) in [6.07, 6.45) is 4.97. The molecule has 0 N–H and O–H groups in total. The normalized spacial score (nSPS) is 11.3. The van der Waals surface area contributed by atoms with E-state index >= 15 is 0 Å². The van der Waals surface area contributed by atoms with Crippen LogP contribution >= 0.6 is 7.82 Å². The van der Waals surface area contributed by atoms with Gasteiger partial charge in [0.25, 0.3) is 0 Å². The van der Waals surface area contributed by atoms with Crippen LogP contribution in [0, 0.1) is 12.3 Å². The average molecular weight is 236 g/mol. The van der Waals surface area contributed by atoms with E-state index in [1.807, 2.05) is 0 Å². The third kappa shape index (κ3) is 7.55. The lowest BCUT2D eigenvalue weighted by Crippen LogP contribution is -2.06. The lowest BCUT2D eigenvalue weighted by atomic mass is 10.7. The van der Waals surface area contributed by atoms with Crippen molar-refractivity contribution in [2.24, 2.45) is 0 Å². The highest BCUT2D eigenvalue weighted by molar-refractivity contribution is 7.48. The van der Waals surface area contributed by atoms with E-state index < -0.39 is 7.82 Å². The third-order valence-corrected chi connectivity index (χ3v) is 2.88. The van der Waals surface area contributed by atoms with Crippen molar-refractivity contribution in [1.82, 2.24) is 0 Å². The molecule has 0 aliphatic rings. The van der Waals surface area contributed by atoms with Gasteiger partial charge in [-0.15, -0.1) is 6.42 Å². The van der Waals surface area contributed by atoms with Gasteiger partial charge in [-0.1, -0.05) is 5.92 Å². The van der Waals surface area contributed by atoms with E-state index in [9.17, 15) is 4.57 Å². The molecule has 0 unspecified atom stereocenters. The highest BCUT2D eigenvalue weighted by Crippen LogP contribution is 2.48. The molecule has 0 fully saturated rings. The Morgan fingerprint density at radius 1 is 1.13 bits per heavy atom.